The number of nitrogens with zero attached hydrogens (tertiary/aromatic N) is 1. The van der Waals surface area contributed by atoms with Gasteiger partial charge in [0.25, 0.3) is 5.51 Å². The van der Waals surface area contributed by atoms with Crippen molar-refractivity contribution in [1.82, 2.24) is 0 Å². The minimum atomic E-state index is 1.60. The Hall–Kier alpha value is -0.570. The number of hydrogen-bond donors (Lipinski definition) is 0. The zero-order valence-corrected chi connectivity index (χ0v) is 4.81. The van der Waals surface area contributed by atoms with Crippen LogP contribution in [-0.4, -0.2) is 7.11 Å². The molecule has 0 N–H and O–H groups in total. The fraction of sp³-hybridized carbons (Fsp3) is 0.250. The lowest BCUT2D eigenvalue weighted by Crippen LogP contribution is -2.36. The van der Waals surface area contributed by atoms with E-state index < -0.39 is 0 Å². The molecule has 1 aromatic heterocycles. The topological polar surface area (TPSA) is 13.1 Å². The predicted octanol–water partition coefficient (Wildman–Crippen LogP) is 0.0940. The van der Waals surface area contributed by atoms with Crippen LogP contribution in [0.2, 0.25) is 0 Å². The first-order valence-corrected chi connectivity index (χ1v) is 2.85. The van der Waals surface area contributed by atoms with E-state index in [-0.39, 0.29) is 0 Å². The zero-order chi connectivity index (χ0) is 5.11. The van der Waals surface area contributed by atoms with E-state index in [1.807, 2.05) is 17.1 Å². The number of aromatic nitrogens is 1. The Morgan fingerprint density at radius 2 is 2.57 bits per heavy atom. The van der Waals surface area contributed by atoms with Gasteiger partial charge in [0.2, 0.25) is 6.20 Å². The highest BCUT2D eigenvalue weighted by atomic mass is 32.1. The second kappa shape index (κ2) is 1.93. The number of rotatable bonds is 1. The molecular formula is C4H6NOS+. The summed E-state index contributed by atoms with van der Waals surface area (Å²) < 4.78 is 1.64. The number of hydrogen-bond acceptors (Lipinski definition) is 2. The maximum Gasteiger partial charge on any atom is 0.276 e. The minimum Gasteiger partial charge on any atom is -0.274 e. The summed E-state index contributed by atoms with van der Waals surface area (Å²) in [5.74, 6) is 0. The van der Waals surface area contributed by atoms with Crippen LogP contribution in [0.1, 0.15) is 0 Å². The normalized spacial score (nSPS) is 8.71. The first-order valence-electron chi connectivity index (χ1n) is 1.91. The minimum absolute atomic E-state index is 1.60. The van der Waals surface area contributed by atoms with Crippen LogP contribution < -0.4 is 9.57 Å². The highest BCUT2D eigenvalue weighted by Gasteiger charge is 1.91. The van der Waals surface area contributed by atoms with E-state index in [0.717, 1.165) is 0 Å². The van der Waals surface area contributed by atoms with Crippen molar-refractivity contribution < 1.29 is 9.57 Å². The standard InChI is InChI=1S/C4H6NOS/c1-6-5-2-3-7-4-5/h2-4H,1H3/q+1. The van der Waals surface area contributed by atoms with Gasteiger partial charge in [-0.2, -0.15) is 0 Å². The molecule has 7 heavy (non-hydrogen) atoms. The largest absolute Gasteiger partial charge is 0.276 e. The highest BCUT2D eigenvalue weighted by molar-refractivity contribution is 7.07. The van der Waals surface area contributed by atoms with Crippen LogP contribution in [0.4, 0.5) is 0 Å². The summed E-state index contributed by atoms with van der Waals surface area (Å²) in [6.07, 6.45) is 1.85. The van der Waals surface area contributed by atoms with E-state index in [0.29, 0.717) is 0 Å². The van der Waals surface area contributed by atoms with Crippen molar-refractivity contribution in [2.24, 2.45) is 0 Å². The molecule has 0 fully saturated rings. The molecule has 0 aliphatic carbocycles. The Morgan fingerprint density at radius 1 is 1.71 bits per heavy atom. The maximum atomic E-state index is 4.78. The molecule has 2 nitrogen and oxygen atoms in total. The summed E-state index contributed by atoms with van der Waals surface area (Å²) in [5, 5.41) is 1.95. The van der Waals surface area contributed by atoms with Crippen molar-refractivity contribution in [2.75, 3.05) is 7.11 Å². The molecule has 0 radical (unpaired) electrons. The summed E-state index contributed by atoms with van der Waals surface area (Å²) in [7, 11) is 1.63. The molecule has 0 saturated heterocycles. The van der Waals surface area contributed by atoms with E-state index in [9.17, 15) is 0 Å². The van der Waals surface area contributed by atoms with E-state index in [4.69, 9.17) is 4.84 Å². The summed E-state index contributed by atoms with van der Waals surface area (Å²) >= 11 is 1.60. The summed E-state index contributed by atoms with van der Waals surface area (Å²) in [5.41, 5.74) is 1.88. The van der Waals surface area contributed by atoms with Crippen molar-refractivity contribution in [2.45, 2.75) is 0 Å². The van der Waals surface area contributed by atoms with Gasteiger partial charge in [0, 0.05) is 4.73 Å². The third kappa shape index (κ3) is 0.899. The summed E-state index contributed by atoms with van der Waals surface area (Å²) in [6.45, 7) is 0. The molecular weight excluding hydrogens is 110 g/mol. The van der Waals surface area contributed by atoms with Crippen molar-refractivity contribution in [3.05, 3.63) is 17.1 Å². The summed E-state index contributed by atoms with van der Waals surface area (Å²) in [4.78, 5) is 4.78. The maximum absolute atomic E-state index is 4.78. The molecule has 0 unspecified atom stereocenters. The Morgan fingerprint density at radius 3 is 2.86 bits per heavy atom. The van der Waals surface area contributed by atoms with Gasteiger partial charge in [-0.15, -0.1) is 0 Å². The van der Waals surface area contributed by atoms with Gasteiger partial charge in [0.15, 0.2) is 0 Å². The summed E-state index contributed by atoms with van der Waals surface area (Å²) in [6, 6.07) is 0. The Kier molecular flexibility index (Phi) is 1.26. The van der Waals surface area contributed by atoms with Gasteiger partial charge in [0.05, 0.1) is 5.38 Å². The average Bonchev–Trinajstić information content (AvgIpc) is 2.14. The van der Waals surface area contributed by atoms with Crippen molar-refractivity contribution in [3.8, 4) is 0 Å². The van der Waals surface area contributed by atoms with E-state index >= 15 is 0 Å². The van der Waals surface area contributed by atoms with Crippen LogP contribution in [0.5, 0.6) is 0 Å². The van der Waals surface area contributed by atoms with Gasteiger partial charge in [0.1, 0.15) is 7.11 Å². The molecule has 38 valence electrons. The van der Waals surface area contributed by atoms with Crippen molar-refractivity contribution >= 4 is 11.3 Å². The van der Waals surface area contributed by atoms with Gasteiger partial charge in [-0.25, -0.2) is 0 Å². The third-order valence-corrected chi connectivity index (χ3v) is 1.27. The third-order valence-electron chi connectivity index (χ3n) is 0.662. The molecule has 0 atom stereocenters. The molecule has 0 amide bonds. The Balaban J connectivity index is 2.76. The first-order chi connectivity index (χ1) is 3.43. The van der Waals surface area contributed by atoms with E-state index in [1.165, 1.54) is 0 Å². The van der Waals surface area contributed by atoms with E-state index in [2.05, 4.69) is 0 Å². The average molecular weight is 116 g/mol. The number of thiazole rings is 1. The molecule has 0 aromatic carbocycles. The van der Waals surface area contributed by atoms with Crippen molar-refractivity contribution in [1.29, 1.82) is 0 Å². The monoisotopic (exact) mass is 116 g/mol. The zero-order valence-electron chi connectivity index (χ0n) is 4.00. The van der Waals surface area contributed by atoms with E-state index in [1.54, 1.807) is 23.2 Å². The lowest BCUT2D eigenvalue weighted by molar-refractivity contribution is -0.882. The van der Waals surface area contributed by atoms with Crippen LogP contribution in [0.3, 0.4) is 0 Å². The second-order valence-corrected chi connectivity index (χ2v) is 1.82. The molecule has 0 aliphatic heterocycles. The van der Waals surface area contributed by atoms with Gasteiger partial charge >= 0.3 is 0 Å². The first kappa shape index (κ1) is 4.59. The molecule has 3 heteroatoms. The predicted molar refractivity (Wildman–Crippen MR) is 27.0 cm³/mol. The Bertz CT molecular complexity index is 126. The van der Waals surface area contributed by atoms with Crippen molar-refractivity contribution in [3.63, 3.8) is 0 Å². The van der Waals surface area contributed by atoms with Crippen LogP contribution in [0.25, 0.3) is 0 Å². The molecule has 1 rings (SSSR count). The molecule has 0 bridgehead atoms. The lowest BCUT2D eigenvalue weighted by atomic mass is 11.0. The molecule has 1 heterocycles. The van der Waals surface area contributed by atoms with Gasteiger partial charge < -0.3 is 0 Å². The molecule has 0 aliphatic rings. The quantitative estimate of drug-likeness (QED) is 0.474. The lowest BCUT2D eigenvalue weighted by Gasteiger charge is -1.77. The van der Waals surface area contributed by atoms with Gasteiger partial charge in [-0.1, -0.05) is 11.3 Å². The van der Waals surface area contributed by atoms with Gasteiger partial charge in [-0.3, -0.25) is 4.84 Å². The smallest absolute Gasteiger partial charge is 0.274 e. The van der Waals surface area contributed by atoms with Crippen LogP contribution in [0.15, 0.2) is 17.1 Å². The van der Waals surface area contributed by atoms with Gasteiger partial charge in [-0.05, 0) is 0 Å². The highest BCUT2D eigenvalue weighted by Crippen LogP contribution is 1.84. The fourth-order valence-corrected chi connectivity index (χ4v) is 0.866. The Labute approximate surface area is 45.9 Å². The van der Waals surface area contributed by atoms with Crippen LogP contribution >= 0.6 is 11.3 Å². The van der Waals surface area contributed by atoms with Crippen LogP contribution in [-0.2, 0) is 0 Å². The molecule has 0 saturated carbocycles. The molecule has 1 aromatic rings. The second-order valence-electron chi connectivity index (χ2n) is 1.07. The molecule has 0 spiro atoms. The van der Waals surface area contributed by atoms with Crippen LogP contribution in [0, 0.1) is 0 Å². The fourth-order valence-electron chi connectivity index (χ4n) is 0.329. The SMILES string of the molecule is CO[n+]1ccsc1.